The number of benzene rings is 1. The molecule has 1 aromatic heterocycles. The van der Waals surface area contributed by atoms with Crippen molar-refractivity contribution in [2.45, 2.75) is 12.5 Å². The number of aromatic nitrogens is 1. The normalized spacial score (nSPS) is 12.4. The number of pyridine rings is 1. The molecule has 0 aliphatic heterocycles. The number of hydrazine groups is 1. The van der Waals surface area contributed by atoms with Gasteiger partial charge in [-0.25, -0.2) is 4.39 Å². The molecule has 2 rings (SSSR count). The minimum atomic E-state index is -0.263. The highest BCUT2D eigenvalue weighted by atomic mass is 79.9. The first-order valence-corrected chi connectivity index (χ1v) is 7.19. The van der Waals surface area contributed by atoms with Gasteiger partial charge in [0.25, 0.3) is 0 Å². The van der Waals surface area contributed by atoms with E-state index in [1.54, 1.807) is 18.5 Å². The predicted octanol–water partition coefficient (Wildman–Crippen LogP) is 3.49. The first-order chi connectivity index (χ1) is 9.10. The van der Waals surface area contributed by atoms with Gasteiger partial charge < -0.3 is 0 Å². The van der Waals surface area contributed by atoms with Crippen LogP contribution >= 0.6 is 31.9 Å². The van der Waals surface area contributed by atoms with E-state index >= 15 is 0 Å². The first kappa shape index (κ1) is 14.6. The van der Waals surface area contributed by atoms with Gasteiger partial charge in [-0.15, -0.1) is 0 Å². The van der Waals surface area contributed by atoms with Crippen molar-refractivity contribution in [3.05, 3.63) is 62.5 Å². The molecule has 1 heterocycles. The molecule has 1 unspecified atom stereocenters. The number of halogens is 3. The van der Waals surface area contributed by atoms with E-state index in [4.69, 9.17) is 5.84 Å². The lowest BCUT2D eigenvalue weighted by molar-refractivity contribution is 0.545. The number of nitrogens with zero attached hydrogens (tertiary/aromatic N) is 1. The molecule has 0 saturated carbocycles. The number of hydrogen-bond acceptors (Lipinski definition) is 3. The summed E-state index contributed by atoms with van der Waals surface area (Å²) in [5.74, 6) is 5.33. The van der Waals surface area contributed by atoms with E-state index in [0.29, 0.717) is 6.42 Å². The highest BCUT2D eigenvalue weighted by molar-refractivity contribution is 9.10. The van der Waals surface area contributed by atoms with Crippen LogP contribution in [0.25, 0.3) is 0 Å². The Labute approximate surface area is 127 Å². The van der Waals surface area contributed by atoms with Crippen molar-refractivity contribution in [2.75, 3.05) is 0 Å². The Kier molecular flexibility index (Phi) is 5.04. The fourth-order valence-corrected chi connectivity index (χ4v) is 2.60. The van der Waals surface area contributed by atoms with Crippen LogP contribution in [-0.2, 0) is 6.42 Å². The van der Waals surface area contributed by atoms with E-state index < -0.39 is 0 Å². The van der Waals surface area contributed by atoms with Gasteiger partial charge >= 0.3 is 0 Å². The molecule has 3 N–H and O–H groups in total. The number of nitrogens with two attached hydrogens (primary N) is 1. The minimum absolute atomic E-state index is 0.136. The highest BCUT2D eigenvalue weighted by Gasteiger charge is 2.13. The van der Waals surface area contributed by atoms with E-state index in [1.165, 1.54) is 12.1 Å². The van der Waals surface area contributed by atoms with Gasteiger partial charge in [-0.05, 0) is 57.7 Å². The molecule has 1 atom stereocenters. The third-order valence-electron chi connectivity index (χ3n) is 2.76. The highest BCUT2D eigenvalue weighted by Crippen LogP contribution is 2.25. The van der Waals surface area contributed by atoms with Gasteiger partial charge in [0.2, 0.25) is 0 Å². The largest absolute Gasteiger partial charge is 0.271 e. The molecule has 0 bridgehead atoms. The van der Waals surface area contributed by atoms with Crippen LogP contribution in [-0.4, -0.2) is 4.98 Å². The second-order valence-electron chi connectivity index (χ2n) is 4.10. The van der Waals surface area contributed by atoms with E-state index in [0.717, 1.165) is 20.1 Å². The fourth-order valence-electron chi connectivity index (χ4n) is 1.81. The molecule has 3 nitrogen and oxygen atoms in total. The zero-order valence-corrected chi connectivity index (χ0v) is 13.1. The lowest BCUT2D eigenvalue weighted by Gasteiger charge is -2.17. The second-order valence-corrected chi connectivity index (χ2v) is 5.87. The van der Waals surface area contributed by atoms with Gasteiger partial charge in [0, 0.05) is 21.3 Å². The van der Waals surface area contributed by atoms with Crippen LogP contribution in [0, 0.1) is 5.82 Å². The van der Waals surface area contributed by atoms with E-state index in [-0.39, 0.29) is 11.9 Å². The molecule has 0 aliphatic carbocycles. The Balaban J connectivity index is 2.26. The van der Waals surface area contributed by atoms with Crippen molar-refractivity contribution in [1.29, 1.82) is 0 Å². The van der Waals surface area contributed by atoms with Crippen LogP contribution in [0.5, 0.6) is 0 Å². The van der Waals surface area contributed by atoms with E-state index in [1.807, 2.05) is 6.07 Å². The average molecular weight is 389 g/mol. The Morgan fingerprint density at radius 2 is 2.05 bits per heavy atom. The van der Waals surface area contributed by atoms with Gasteiger partial charge in [0.15, 0.2) is 0 Å². The van der Waals surface area contributed by atoms with Crippen LogP contribution in [0.3, 0.4) is 0 Å². The molecule has 6 heteroatoms. The molecular weight excluding hydrogens is 377 g/mol. The van der Waals surface area contributed by atoms with Gasteiger partial charge in [0.1, 0.15) is 5.82 Å². The molecule has 0 aliphatic rings. The molecule has 0 radical (unpaired) electrons. The summed E-state index contributed by atoms with van der Waals surface area (Å²) in [6.07, 6.45) is 4.00. The van der Waals surface area contributed by atoms with Gasteiger partial charge in [0.05, 0.1) is 6.04 Å². The summed E-state index contributed by atoms with van der Waals surface area (Å²) >= 11 is 6.79. The van der Waals surface area contributed by atoms with Crippen molar-refractivity contribution < 1.29 is 4.39 Å². The van der Waals surface area contributed by atoms with Crippen LogP contribution in [0.4, 0.5) is 4.39 Å². The maximum atomic E-state index is 13.3. The molecule has 0 saturated heterocycles. The Hall–Kier alpha value is -0.820. The van der Waals surface area contributed by atoms with Crippen LogP contribution < -0.4 is 11.3 Å². The molecule has 0 fully saturated rings. The van der Waals surface area contributed by atoms with Gasteiger partial charge in [-0.2, -0.15) is 0 Å². The molecule has 100 valence electrons. The minimum Gasteiger partial charge on any atom is -0.271 e. The Morgan fingerprint density at radius 1 is 1.26 bits per heavy atom. The maximum Gasteiger partial charge on any atom is 0.123 e. The first-order valence-electron chi connectivity index (χ1n) is 5.60. The molecule has 1 aromatic carbocycles. The second kappa shape index (κ2) is 6.56. The topological polar surface area (TPSA) is 50.9 Å². The molecule has 0 amide bonds. The Bertz CT molecular complexity index is 578. The summed E-state index contributed by atoms with van der Waals surface area (Å²) < 4.78 is 15.0. The van der Waals surface area contributed by atoms with Crippen molar-refractivity contribution in [3.8, 4) is 0 Å². The summed E-state index contributed by atoms with van der Waals surface area (Å²) in [6, 6.07) is 6.41. The lowest BCUT2D eigenvalue weighted by atomic mass is 10.0. The summed E-state index contributed by atoms with van der Waals surface area (Å²) in [4.78, 5) is 4.11. The summed E-state index contributed by atoms with van der Waals surface area (Å²) in [5, 5.41) is 0. The van der Waals surface area contributed by atoms with Crippen LogP contribution in [0.1, 0.15) is 17.2 Å². The molecule has 2 aromatic rings. The van der Waals surface area contributed by atoms with Crippen molar-refractivity contribution in [2.24, 2.45) is 5.84 Å². The number of rotatable bonds is 4. The summed E-state index contributed by atoms with van der Waals surface area (Å²) in [7, 11) is 0. The zero-order valence-electron chi connectivity index (χ0n) is 9.91. The molecular formula is C13H12Br2FN3. The standard InChI is InChI=1S/C13H12Br2FN3/c14-10-3-9(6-18-7-10)13(19-17)5-8-4-11(16)1-2-12(8)15/h1-4,6-7,13,19H,5,17H2. The molecule has 19 heavy (non-hydrogen) atoms. The monoisotopic (exact) mass is 387 g/mol. The van der Waals surface area contributed by atoms with Gasteiger partial charge in [-0.1, -0.05) is 15.9 Å². The maximum absolute atomic E-state index is 13.3. The van der Waals surface area contributed by atoms with Crippen molar-refractivity contribution >= 4 is 31.9 Å². The van der Waals surface area contributed by atoms with E-state index in [2.05, 4.69) is 42.3 Å². The fraction of sp³-hybridized carbons (Fsp3) is 0.154. The van der Waals surface area contributed by atoms with E-state index in [9.17, 15) is 4.39 Å². The summed E-state index contributed by atoms with van der Waals surface area (Å²) in [5.41, 5.74) is 4.52. The molecule has 0 spiro atoms. The van der Waals surface area contributed by atoms with Gasteiger partial charge in [-0.3, -0.25) is 16.3 Å². The van der Waals surface area contributed by atoms with Crippen LogP contribution in [0.15, 0.2) is 45.6 Å². The quantitative estimate of drug-likeness (QED) is 0.622. The van der Waals surface area contributed by atoms with Crippen molar-refractivity contribution in [1.82, 2.24) is 10.4 Å². The summed E-state index contributed by atoms with van der Waals surface area (Å²) in [6.45, 7) is 0. The average Bonchev–Trinajstić information content (AvgIpc) is 2.39. The smallest absolute Gasteiger partial charge is 0.123 e. The van der Waals surface area contributed by atoms with Crippen LogP contribution in [0.2, 0.25) is 0 Å². The van der Waals surface area contributed by atoms with Crippen molar-refractivity contribution in [3.63, 3.8) is 0 Å². The zero-order chi connectivity index (χ0) is 13.8. The Morgan fingerprint density at radius 3 is 2.74 bits per heavy atom. The SMILES string of the molecule is NNC(Cc1cc(F)ccc1Br)c1cncc(Br)c1. The lowest BCUT2D eigenvalue weighted by Crippen LogP contribution is -2.29. The third-order valence-corrected chi connectivity index (χ3v) is 3.97. The third kappa shape index (κ3) is 3.82. The number of hydrogen-bond donors (Lipinski definition) is 2. The number of nitrogens with one attached hydrogen (secondary N) is 1. The predicted molar refractivity (Wildman–Crippen MR) is 79.8 cm³/mol.